The highest BCUT2D eigenvalue weighted by molar-refractivity contribution is 6.12. The van der Waals surface area contributed by atoms with Crippen molar-refractivity contribution < 1.29 is 19.1 Å². The number of ether oxygens (including phenoxy) is 1. The van der Waals surface area contributed by atoms with Crippen molar-refractivity contribution in [3.8, 4) is 0 Å². The number of carbonyl (C=O) groups is 3. The van der Waals surface area contributed by atoms with Gasteiger partial charge in [0, 0.05) is 42.4 Å². The van der Waals surface area contributed by atoms with Crippen LogP contribution in [0.5, 0.6) is 0 Å². The smallest absolute Gasteiger partial charge is 0.337 e. The highest BCUT2D eigenvalue weighted by Gasteiger charge is 2.44. The predicted molar refractivity (Wildman–Crippen MR) is 156 cm³/mol. The van der Waals surface area contributed by atoms with Crippen LogP contribution in [0.4, 0.5) is 0 Å². The number of ketones is 1. The standard InChI is InChI=1S/C34H34N2O4/c1-21-30(33(38)36-19-17-23(18-20-36)22-13-15-25(16-14-22)34(39)40-2)31(32-28(35-21)11-6-12-29(32)37)27-10-5-8-24-7-3-4-9-26(24)27/h3-5,7-10,13-16,23,31-32H,6,11-12,17-20H2,1-2H3. The molecule has 1 aliphatic carbocycles. The molecular formula is C34H34N2O4. The molecule has 2 fully saturated rings. The fourth-order valence-electron chi connectivity index (χ4n) is 6.85. The summed E-state index contributed by atoms with van der Waals surface area (Å²) in [6.45, 7) is 3.20. The molecule has 204 valence electrons. The molecule has 2 heterocycles. The minimum absolute atomic E-state index is 0.00361. The highest BCUT2D eigenvalue weighted by Crippen LogP contribution is 2.45. The lowest BCUT2D eigenvalue weighted by Gasteiger charge is -2.39. The first-order valence-corrected chi connectivity index (χ1v) is 14.2. The number of aliphatic imine (C=N–C) groups is 1. The first kappa shape index (κ1) is 26.2. The number of rotatable bonds is 4. The first-order valence-electron chi connectivity index (χ1n) is 14.2. The lowest BCUT2D eigenvalue weighted by molar-refractivity contribution is -0.128. The van der Waals surface area contributed by atoms with E-state index in [9.17, 15) is 14.4 Å². The molecule has 0 aromatic heterocycles. The average molecular weight is 535 g/mol. The van der Waals surface area contributed by atoms with E-state index in [1.165, 1.54) is 12.7 Å². The van der Waals surface area contributed by atoms with Gasteiger partial charge in [-0.25, -0.2) is 4.79 Å². The van der Waals surface area contributed by atoms with Gasteiger partial charge in [-0.05, 0) is 72.6 Å². The number of esters is 1. The van der Waals surface area contributed by atoms with Crippen molar-refractivity contribution in [2.75, 3.05) is 20.2 Å². The van der Waals surface area contributed by atoms with Gasteiger partial charge in [0.15, 0.2) is 0 Å². The van der Waals surface area contributed by atoms with Gasteiger partial charge in [-0.15, -0.1) is 0 Å². The summed E-state index contributed by atoms with van der Waals surface area (Å²) in [5.41, 5.74) is 5.08. The molecule has 6 rings (SSSR count). The van der Waals surface area contributed by atoms with E-state index in [1.807, 2.05) is 42.2 Å². The van der Waals surface area contributed by atoms with Crippen LogP contribution in [0.25, 0.3) is 10.8 Å². The quantitative estimate of drug-likeness (QED) is 0.373. The Bertz CT molecular complexity index is 1540. The number of likely N-dealkylation sites (tertiary alicyclic amines) is 1. The third-order valence-corrected chi connectivity index (χ3v) is 8.88. The molecule has 2 atom stereocenters. The van der Waals surface area contributed by atoms with Crippen molar-refractivity contribution in [3.63, 3.8) is 0 Å². The predicted octanol–water partition coefficient (Wildman–Crippen LogP) is 6.21. The average Bonchev–Trinajstić information content (AvgIpc) is 2.99. The largest absolute Gasteiger partial charge is 0.465 e. The number of nitrogens with zero attached hydrogens (tertiary/aromatic N) is 2. The Morgan fingerprint density at radius 3 is 2.38 bits per heavy atom. The molecule has 3 aromatic carbocycles. The van der Waals surface area contributed by atoms with Gasteiger partial charge in [0.2, 0.25) is 0 Å². The summed E-state index contributed by atoms with van der Waals surface area (Å²) in [7, 11) is 1.38. The summed E-state index contributed by atoms with van der Waals surface area (Å²) in [5, 5.41) is 2.19. The van der Waals surface area contributed by atoms with Crippen molar-refractivity contribution in [1.82, 2.24) is 4.90 Å². The molecule has 3 aromatic rings. The zero-order chi connectivity index (χ0) is 27.8. The maximum absolute atomic E-state index is 14.3. The lowest BCUT2D eigenvalue weighted by atomic mass is 9.68. The second kappa shape index (κ2) is 10.8. The molecule has 0 N–H and O–H groups in total. The number of Topliss-reactive ketones (excluding diaryl/α,β-unsaturated/α-hetero) is 1. The Kier molecular flexibility index (Phi) is 7.09. The lowest BCUT2D eigenvalue weighted by Crippen LogP contribution is -2.44. The van der Waals surface area contributed by atoms with Crippen LogP contribution in [-0.2, 0) is 14.3 Å². The zero-order valence-electron chi connectivity index (χ0n) is 23.1. The van der Waals surface area contributed by atoms with Gasteiger partial charge in [0.05, 0.1) is 18.6 Å². The van der Waals surface area contributed by atoms with Gasteiger partial charge >= 0.3 is 5.97 Å². The number of hydrogen-bond acceptors (Lipinski definition) is 5. The zero-order valence-corrected chi connectivity index (χ0v) is 23.1. The van der Waals surface area contributed by atoms with Gasteiger partial charge in [0.25, 0.3) is 5.91 Å². The maximum Gasteiger partial charge on any atom is 0.337 e. The molecule has 6 heteroatoms. The van der Waals surface area contributed by atoms with E-state index >= 15 is 0 Å². The fraction of sp³-hybridized carbons (Fsp3) is 0.353. The van der Waals surface area contributed by atoms with Crippen LogP contribution in [0.15, 0.2) is 83.0 Å². The number of piperidine rings is 1. The van der Waals surface area contributed by atoms with Crippen LogP contribution in [0, 0.1) is 5.92 Å². The van der Waals surface area contributed by atoms with E-state index in [2.05, 4.69) is 24.3 Å². The van der Waals surface area contributed by atoms with Crippen LogP contribution in [0.1, 0.15) is 72.3 Å². The third-order valence-electron chi connectivity index (χ3n) is 8.88. The van der Waals surface area contributed by atoms with Crippen molar-refractivity contribution in [3.05, 3.63) is 94.7 Å². The summed E-state index contributed by atoms with van der Waals surface area (Å²) in [5.74, 6) is -0.553. The Balaban J connectivity index is 1.30. The van der Waals surface area contributed by atoms with Crippen molar-refractivity contribution in [2.24, 2.45) is 10.9 Å². The monoisotopic (exact) mass is 534 g/mol. The van der Waals surface area contributed by atoms with Crippen LogP contribution >= 0.6 is 0 Å². The highest BCUT2D eigenvalue weighted by atomic mass is 16.5. The molecule has 1 amide bonds. The Labute approximate surface area is 234 Å². The molecule has 0 bridgehead atoms. The Hall–Kier alpha value is -4.06. The Morgan fingerprint density at radius 2 is 1.62 bits per heavy atom. The molecule has 6 nitrogen and oxygen atoms in total. The minimum Gasteiger partial charge on any atom is -0.465 e. The van der Waals surface area contributed by atoms with E-state index in [0.29, 0.717) is 36.6 Å². The van der Waals surface area contributed by atoms with E-state index < -0.39 is 0 Å². The molecule has 0 spiro atoms. The molecule has 2 unspecified atom stereocenters. The third kappa shape index (κ3) is 4.66. The number of allylic oxidation sites excluding steroid dienone is 1. The second-order valence-electron chi connectivity index (χ2n) is 11.1. The molecule has 40 heavy (non-hydrogen) atoms. The van der Waals surface area contributed by atoms with Crippen molar-refractivity contribution in [2.45, 2.75) is 50.9 Å². The number of fused-ring (bicyclic) bond motifs is 2. The first-order chi connectivity index (χ1) is 19.5. The van der Waals surface area contributed by atoms with Crippen LogP contribution in [-0.4, -0.2) is 48.5 Å². The second-order valence-corrected chi connectivity index (χ2v) is 11.1. The van der Waals surface area contributed by atoms with E-state index in [0.717, 1.165) is 53.4 Å². The molecule has 1 saturated heterocycles. The van der Waals surface area contributed by atoms with Gasteiger partial charge in [-0.1, -0.05) is 54.6 Å². The van der Waals surface area contributed by atoms with Gasteiger partial charge in [-0.2, -0.15) is 0 Å². The van der Waals surface area contributed by atoms with Gasteiger partial charge in [-0.3, -0.25) is 14.6 Å². The van der Waals surface area contributed by atoms with Crippen molar-refractivity contribution >= 4 is 34.1 Å². The van der Waals surface area contributed by atoms with E-state index in [4.69, 9.17) is 9.73 Å². The van der Waals surface area contributed by atoms with Crippen molar-refractivity contribution in [1.29, 1.82) is 0 Å². The summed E-state index contributed by atoms with van der Waals surface area (Å²) in [4.78, 5) is 46.4. The number of hydrogen-bond donors (Lipinski definition) is 0. The van der Waals surface area contributed by atoms with Crippen LogP contribution in [0.2, 0.25) is 0 Å². The number of amides is 1. The number of methoxy groups -OCH3 is 1. The summed E-state index contributed by atoms with van der Waals surface area (Å²) in [6, 6.07) is 22.0. The molecular weight excluding hydrogens is 500 g/mol. The summed E-state index contributed by atoms with van der Waals surface area (Å²) < 4.78 is 4.81. The normalized spacial score (nSPS) is 21.7. The number of benzene rings is 3. The van der Waals surface area contributed by atoms with Gasteiger partial charge < -0.3 is 9.64 Å². The van der Waals surface area contributed by atoms with E-state index in [1.54, 1.807) is 12.1 Å². The number of carbonyl (C=O) groups excluding carboxylic acids is 3. The van der Waals surface area contributed by atoms with Gasteiger partial charge in [0.1, 0.15) is 5.78 Å². The molecule has 1 saturated carbocycles. The minimum atomic E-state index is -0.381. The SMILES string of the molecule is COC(=O)c1ccc(C2CCN(C(=O)C3=C(C)N=C4CCCC(=O)C4C3c3cccc4ccccc34)CC2)cc1. The van der Waals surface area contributed by atoms with Crippen LogP contribution < -0.4 is 0 Å². The fourth-order valence-corrected chi connectivity index (χ4v) is 6.85. The van der Waals surface area contributed by atoms with E-state index in [-0.39, 0.29) is 29.5 Å². The molecule has 3 aliphatic rings. The molecule has 0 radical (unpaired) electrons. The molecule has 2 aliphatic heterocycles. The summed E-state index contributed by atoms with van der Waals surface area (Å²) in [6.07, 6.45) is 3.83. The van der Waals surface area contributed by atoms with Crippen LogP contribution in [0.3, 0.4) is 0 Å². The summed E-state index contributed by atoms with van der Waals surface area (Å²) >= 11 is 0. The Morgan fingerprint density at radius 1 is 0.900 bits per heavy atom. The maximum atomic E-state index is 14.3. The topological polar surface area (TPSA) is 76.0 Å².